The van der Waals surface area contributed by atoms with Gasteiger partial charge in [-0.3, -0.25) is 4.79 Å². The number of likely N-dealkylation sites (tertiary alicyclic amines) is 1. The van der Waals surface area contributed by atoms with Gasteiger partial charge in [-0.2, -0.15) is 0 Å². The van der Waals surface area contributed by atoms with Crippen LogP contribution in [0.2, 0.25) is 0 Å². The van der Waals surface area contributed by atoms with Crippen LogP contribution >= 0.6 is 0 Å². The molecule has 3 amide bonds. The molecule has 2 aromatic carbocycles. The van der Waals surface area contributed by atoms with Crippen molar-refractivity contribution in [1.29, 1.82) is 0 Å². The number of hydrogen-bond acceptors (Lipinski definition) is 2. The van der Waals surface area contributed by atoms with Crippen molar-refractivity contribution >= 4 is 11.9 Å². The number of halogens is 1. The molecule has 0 unspecified atom stereocenters. The summed E-state index contributed by atoms with van der Waals surface area (Å²) in [5.41, 5.74) is 2.50. The van der Waals surface area contributed by atoms with Crippen LogP contribution in [0.15, 0.2) is 48.5 Å². The second-order valence-electron chi connectivity index (χ2n) is 7.21. The summed E-state index contributed by atoms with van der Waals surface area (Å²) in [6.07, 6.45) is 1.93. The molecule has 2 N–H and O–H groups in total. The summed E-state index contributed by atoms with van der Waals surface area (Å²) in [6.45, 7) is 3.28. The molecule has 2 aromatic rings. The highest BCUT2D eigenvalue weighted by atomic mass is 19.1. The first-order valence-corrected chi connectivity index (χ1v) is 9.61. The normalized spacial score (nSPS) is 17.7. The zero-order valence-corrected chi connectivity index (χ0v) is 16.2. The van der Waals surface area contributed by atoms with E-state index in [2.05, 4.69) is 10.6 Å². The molecule has 0 saturated carbocycles. The Kier molecular flexibility index (Phi) is 6.29. The highest BCUT2D eigenvalue weighted by Crippen LogP contribution is 2.27. The quantitative estimate of drug-likeness (QED) is 0.843. The highest BCUT2D eigenvalue weighted by molar-refractivity contribution is 5.94. The van der Waals surface area contributed by atoms with E-state index in [-0.39, 0.29) is 29.7 Å². The Morgan fingerprint density at radius 3 is 2.64 bits per heavy atom. The molecular weight excluding hydrogens is 357 g/mol. The van der Waals surface area contributed by atoms with Gasteiger partial charge in [0.1, 0.15) is 5.82 Å². The van der Waals surface area contributed by atoms with Gasteiger partial charge in [0.05, 0.1) is 6.04 Å². The molecule has 3 rings (SSSR count). The van der Waals surface area contributed by atoms with E-state index in [0.29, 0.717) is 12.1 Å². The van der Waals surface area contributed by atoms with Gasteiger partial charge in [-0.25, -0.2) is 9.18 Å². The SMILES string of the molecule is CNC(=O)N1CCC[C@@H](c2cccc(C(=O)N[C@H](C)c3ccc(F)cc3)c2)C1. The molecule has 1 heterocycles. The van der Waals surface area contributed by atoms with E-state index in [9.17, 15) is 14.0 Å². The van der Waals surface area contributed by atoms with E-state index in [1.54, 1.807) is 25.2 Å². The minimum absolute atomic E-state index is 0.0632. The Hall–Kier alpha value is -2.89. The molecular formula is C22H26FN3O2. The number of carbonyl (C=O) groups is 2. The summed E-state index contributed by atoms with van der Waals surface area (Å²) in [7, 11) is 1.64. The van der Waals surface area contributed by atoms with Gasteiger partial charge in [0, 0.05) is 31.6 Å². The van der Waals surface area contributed by atoms with Crippen molar-refractivity contribution in [1.82, 2.24) is 15.5 Å². The van der Waals surface area contributed by atoms with Crippen LogP contribution in [0.25, 0.3) is 0 Å². The van der Waals surface area contributed by atoms with Crippen LogP contribution in [-0.4, -0.2) is 37.0 Å². The summed E-state index contributed by atoms with van der Waals surface area (Å²) >= 11 is 0. The number of nitrogens with zero attached hydrogens (tertiary/aromatic N) is 1. The second kappa shape index (κ2) is 8.87. The maximum atomic E-state index is 13.1. The summed E-state index contributed by atoms with van der Waals surface area (Å²) in [6, 6.07) is 13.4. The summed E-state index contributed by atoms with van der Waals surface area (Å²) < 4.78 is 13.1. The molecule has 0 aromatic heterocycles. The van der Waals surface area contributed by atoms with Crippen LogP contribution in [0.5, 0.6) is 0 Å². The molecule has 2 atom stereocenters. The maximum Gasteiger partial charge on any atom is 0.317 e. The van der Waals surface area contributed by atoms with Crippen molar-refractivity contribution in [3.63, 3.8) is 0 Å². The Bertz CT molecular complexity index is 838. The third-order valence-corrected chi connectivity index (χ3v) is 5.26. The average molecular weight is 383 g/mol. The minimum atomic E-state index is -0.298. The van der Waals surface area contributed by atoms with Crippen molar-refractivity contribution < 1.29 is 14.0 Å². The number of nitrogens with one attached hydrogen (secondary N) is 2. The first-order chi connectivity index (χ1) is 13.5. The van der Waals surface area contributed by atoms with Crippen LogP contribution < -0.4 is 10.6 Å². The Morgan fingerprint density at radius 2 is 1.93 bits per heavy atom. The molecule has 0 spiro atoms. The molecule has 5 nitrogen and oxygen atoms in total. The monoisotopic (exact) mass is 383 g/mol. The molecule has 1 saturated heterocycles. The highest BCUT2D eigenvalue weighted by Gasteiger charge is 2.24. The Balaban J connectivity index is 1.69. The van der Waals surface area contributed by atoms with Crippen LogP contribution in [0.4, 0.5) is 9.18 Å². The molecule has 1 aliphatic heterocycles. The van der Waals surface area contributed by atoms with Crippen molar-refractivity contribution in [3.8, 4) is 0 Å². The number of amides is 3. The Morgan fingerprint density at radius 1 is 1.18 bits per heavy atom. The van der Waals surface area contributed by atoms with Gasteiger partial charge in [-0.15, -0.1) is 0 Å². The van der Waals surface area contributed by atoms with E-state index >= 15 is 0 Å². The van der Waals surface area contributed by atoms with E-state index in [1.165, 1.54) is 12.1 Å². The third-order valence-electron chi connectivity index (χ3n) is 5.26. The number of carbonyl (C=O) groups excluding carboxylic acids is 2. The molecule has 28 heavy (non-hydrogen) atoms. The number of piperidine rings is 1. The predicted molar refractivity (Wildman–Crippen MR) is 107 cm³/mol. The lowest BCUT2D eigenvalue weighted by atomic mass is 9.89. The van der Waals surface area contributed by atoms with Crippen LogP contribution in [0.1, 0.15) is 53.2 Å². The smallest absolute Gasteiger partial charge is 0.317 e. The van der Waals surface area contributed by atoms with Crippen LogP contribution in [0, 0.1) is 5.82 Å². The van der Waals surface area contributed by atoms with Crippen molar-refractivity contribution in [2.24, 2.45) is 0 Å². The predicted octanol–water partition coefficient (Wildman–Crippen LogP) is 3.84. The fraction of sp³-hybridized carbons (Fsp3) is 0.364. The van der Waals surface area contributed by atoms with Crippen molar-refractivity contribution in [3.05, 3.63) is 71.0 Å². The van der Waals surface area contributed by atoms with E-state index in [0.717, 1.165) is 30.5 Å². The lowest BCUT2D eigenvalue weighted by molar-refractivity contribution is 0.0939. The fourth-order valence-electron chi connectivity index (χ4n) is 3.64. The topological polar surface area (TPSA) is 61.4 Å². The van der Waals surface area contributed by atoms with Gasteiger partial charge in [0.15, 0.2) is 0 Å². The molecule has 0 aliphatic carbocycles. The number of hydrogen-bond donors (Lipinski definition) is 2. The maximum absolute atomic E-state index is 13.1. The van der Waals surface area contributed by atoms with E-state index < -0.39 is 0 Å². The summed E-state index contributed by atoms with van der Waals surface area (Å²) in [4.78, 5) is 26.4. The Labute approximate surface area is 164 Å². The van der Waals surface area contributed by atoms with Gasteiger partial charge in [0.2, 0.25) is 0 Å². The summed E-state index contributed by atoms with van der Waals surface area (Å²) in [5.74, 6) is -0.251. The molecule has 1 aliphatic rings. The molecule has 0 bridgehead atoms. The third kappa shape index (κ3) is 4.68. The van der Waals surface area contributed by atoms with Crippen molar-refractivity contribution in [2.45, 2.75) is 31.7 Å². The first kappa shape index (κ1) is 19.9. The van der Waals surface area contributed by atoms with Gasteiger partial charge >= 0.3 is 6.03 Å². The van der Waals surface area contributed by atoms with Crippen molar-refractivity contribution in [2.75, 3.05) is 20.1 Å². The standard InChI is InChI=1S/C22H26FN3O2/c1-15(16-8-10-20(23)11-9-16)25-21(27)18-6-3-5-17(13-18)19-7-4-12-26(14-19)22(28)24-2/h3,5-6,8-11,13,15,19H,4,7,12,14H2,1-2H3,(H,24,28)(H,25,27)/t15-,19-/m1/s1. The lowest BCUT2D eigenvalue weighted by Crippen LogP contribution is -2.43. The molecule has 0 radical (unpaired) electrons. The van der Waals surface area contributed by atoms with Crippen LogP contribution in [0.3, 0.4) is 0 Å². The zero-order chi connectivity index (χ0) is 20.1. The fourth-order valence-corrected chi connectivity index (χ4v) is 3.64. The van der Waals surface area contributed by atoms with Gasteiger partial charge in [-0.05, 0) is 55.2 Å². The van der Waals surface area contributed by atoms with Gasteiger partial charge < -0.3 is 15.5 Å². The van der Waals surface area contributed by atoms with Crippen LogP contribution in [-0.2, 0) is 0 Å². The number of benzene rings is 2. The molecule has 1 fully saturated rings. The summed E-state index contributed by atoms with van der Waals surface area (Å²) in [5, 5.41) is 5.64. The number of rotatable bonds is 4. The van der Waals surface area contributed by atoms with Gasteiger partial charge in [-0.1, -0.05) is 24.3 Å². The first-order valence-electron chi connectivity index (χ1n) is 9.61. The van der Waals surface area contributed by atoms with Gasteiger partial charge in [0.25, 0.3) is 5.91 Å². The minimum Gasteiger partial charge on any atom is -0.346 e. The molecule has 6 heteroatoms. The van der Waals surface area contributed by atoms with E-state index in [1.807, 2.05) is 30.0 Å². The largest absolute Gasteiger partial charge is 0.346 e. The zero-order valence-electron chi connectivity index (χ0n) is 16.2. The molecule has 148 valence electrons. The second-order valence-corrected chi connectivity index (χ2v) is 7.21. The average Bonchev–Trinajstić information content (AvgIpc) is 2.73. The lowest BCUT2D eigenvalue weighted by Gasteiger charge is -2.32. The number of urea groups is 1. The van der Waals surface area contributed by atoms with E-state index in [4.69, 9.17) is 0 Å².